The molecule has 0 saturated heterocycles. The minimum Gasteiger partial charge on any atom is -0.369 e. The van der Waals surface area contributed by atoms with Crippen LogP contribution in [0.2, 0.25) is 0 Å². The highest BCUT2D eigenvalue weighted by molar-refractivity contribution is 6.02. The molecule has 1 amide bonds. The van der Waals surface area contributed by atoms with Gasteiger partial charge in [-0.1, -0.05) is 0 Å². The van der Waals surface area contributed by atoms with Crippen LogP contribution in [0, 0.1) is 11.6 Å². The van der Waals surface area contributed by atoms with Crippen LogP contribution in [0.1, 0.15) is 17.4 Å². The summed E-state index contributed by atoms with van der Waals surface area (Å²) in [6.07, 6.45) is 2.72. The van der Waals surface area contributed by atoms with Gasteiger partial charge in [-0.05, 0) is 19.1 Å². The Hall–Kier alpha value is -2.57. The van der Waals surface area contributed by atoms with Crippen molar-refractivity contribution in [2.24, 2.45) is 0 Å². The molecular weight excluding hydrogens is 266 g/mol. The fourth-order valence-corrected chi connectivity index (χ4v) is 1.49. The maximum absolute atomic E-state index is 13.0. The molecule has 7 heteroatoms. The zero-order chi connectivity index (χ0) is 14.5. The minimum absolute atomic E-state index is 0.0800. The van der Waals surface area contributed by atoms with Crippen LogP contribution in [0.15, 0.2) is 30.6 Å². The summed E-state index contributed by atoms with van der Waals surface area (Å²) < 4.78 is 25.8. The number of hydrogen-bond donors (Lipinski definition) is 2. The summed E-state index contributed by atoms with van der Waals surface area (Å²) in [6.45, 7) is 2.60. The van der Waals surface area contributed by atoms with Gasteiger partial charge in [0, 0.05) is 18.3 Å². The summed E-state index contributed by atoms with van der Waals surface area (Å²) in [5.41, 5.74) is 0.225. The Bertz CT molecular complexity index is 616. The first-order chi connectivity index (χ1) is 9.60. The maximum Gasteiger partial charge on any atom is 0.275 e. The van der Waals surface area contributed by atoms with Crippen molar-refractivity contribution < 1.29 is 13.6 Å². The molecule has 2 rings (SSSR count). The van der Waals surface area contributed by atoms with Crippen molar-refractivity contribution in [3.8, 4) is 0 Å². The van der Waals surface area contributed by atoms with E-state index in [1.807, 2.05) is 6.92 Å². The average Bonchev–Trinajstić information content (AvgIpc) is 2.44. The number of carbonyl (C=O) groups excluding carboxylic acids is 1. The van der Waals surface area contributed by atoms with Gasteiger partial charge in [-0.15, -0.1) is 0 Å². The fourth-order valence-electron chi connectivity index (χ4n) is 1.49. The largest absolute Gasteiger partial charge is 0.369 e. The lowest BCUT2D eigenvalue weighted by atomic mass is 10.3. The van der Waals surface area contributed by atoms with E-state index in [0.29, 0.717) is 12.4 Å². The Kier molecular flexibility index (Phi) is 4.19. The molecule has 0 fully saturated rings. The van der Waals surface area contributed by atoms with Gasteiger partial charge in [-0.3, -0.25) is 4.79 Å². The highest BCUT2D eigenvalue weighted by Gasteiger charge is 2.10. The maximum atomic E-state index is 13.0. The quantitative estimate of drug-likeness (QED) is 0.901. The molecule has 1 heterocycles. The van der Waals surface area contributed by atoms with E-state index in [9.17, 15) is 13.6 Å². The van der Waals surface area contributed by atoms with Crippen molar-refractivity contribution in [2.75, 3.05) is 17.2 Å². The monoisotopic (exact) mass is 278 g/mol. The highest BCUT2D eigenvalue weighted by atomic mass is 19.2. The lowest BCUT2D eigenvalue weighted by Crippen LogP contribution is -2.14. The zero-order valence-corrected chi connectivity index (χ0v) is 10.7. The Balaban J connectivity index is 2.09. The molecule has 0 saturated carbocycles. The summed E-state index contributed by atoms with van der Waals surface area (Å²) in [6, 6.07) is 3.09. The predicted octanol–water partition coefficient (Wildman–Crippen LogP) is 2.44. The average molecular weight is 278 g/mol. The van der Waals surface area contributed by atoms with E-state index in [4.69, 9.17) is 0 Å². The van der Waals surface area contributed by atoms with E-state index >= 15 is 0 Å². The number of halogens is 2. The van der Waals surface area contributed by atoms with Crippen molar-refractivity contribution in [3.05, 3.63) is 47.9 Å². The van der Waals surface area contributed by atoms with Gasteiger partial charge in [0.2, 0.25) is 0 Å². The second kappa shape index (κ2) is 6.05. The number of hydrogen-bond acceptors (Lipinski definition) is 4. The van der Waals surface area contributed by atoms with E-state index in [1.54, 1.807) is 0 Å². The number of aromatic nitrogens is 2. The van der Waals surface area contributed by atoms with Crippen molar-refractivity contribution in [2.45, 2.75) is 6.92 Å². The number of carbonyl (C=O) groups is 1. The third-order valence-corrected chi connectivity index (χ3v) is 2.42. The third kappa shape index (κ3) is 3.25. The smallest absolute Gasteiger partial charge is 0.275 e. The molecule has 0 aliphatic carbocycles. The van der Waals surface area contributed by atoms with E-state index in [2.05, 4.69) is 20.6 Å². The van der Waals surface area contributed by atoms with E-state index in [0.717, 1.165) is 12.1 Å². The number of benzene rings is 1. The molecule has 0 aliphatic rings. The predicted molar refractivity (Wildman–Crippen MR) is 70.5 cm³/mol. The Labute approximate surface area is 114 Å². The van der Waals surface area contributed by atoms with Crippen molar-refractivity contribution in [1.82, 2.24) is 9.97 Å². The summed E-state index contributed by atoms with van der Waals surface area (Å²) in [5, 5.41) is 5.35. The van der Waals surface area contributed by atoms with Gasteiger partial charge >= 0.3 is 0 Å². The molecule has 1 aromatic heterocycles. The standard InChI is InChI=1S/C13H12F2N4O/c1-2-16-12-7-17-11(6-18-12)13(20)19-8-3-4-9(14)10(15)5-8/h3-7H,2H2,1H3,(H,16,18)(H,19,20). The number of rotatable bonds is 4. The highest BCUT2D eigenvalue weighted by Crippen LogP contribution is 2.14. The Morgan fingerprint density at radius 1 is 1.20 bits per heavy atom. The third-order valence-electron chi connectivity index (χ3n) is 2.42. The number of nitrogens with zero attached hydrogens (tertiary/aromatic N) is 2. The molecule has 2 N–H and O–H groups in total. The first-order valence-corrected chi connectivity index (χ1v) is 5.92. The van der Waals surface area contributed by atoms with Crippen LogP contribution in [0.25, 0.3) is 0 Å². The van der Waals surface area contributed by atoms with Gasteiger partial charge in [0.25, 0.3) is 5.91 Å². The van der Waals surface area contributed by atoms with Crippen LogP contribution in [-0.2, 0) is 0 Å². The van der Waals surface area contributed by atoms with Gasteiger partial charge in [0.15, 0.2) is 11.6 Å². The van der Waals surface area contributed by atoms with Gasteiger partial charge in [-0.25, -0.2) is 18.7 Å². The molecule has 104 valence electrons. The molecule has 0 aliphatic heterocycles. The van der Waals surface area contributed by atoms with Crippen LogP contribution in [0.5, 0.6) is 0 Å². The summed E-state index contributed by atoms with van der Waals surface area (Å²) >= 11 is 0. The van der Waals surface area contributed by atoms with Crippen LogP contribution < -0.4 is 10.6 Å². The topological polar surface area (TPSA) is 66.9 Å². The van der Waals surface area contributed by atoms with Gasteiger partial charge in [0.1, 0.15) is 11.5 Å². The SMILES string of the molecule is CCNc1cnc(C(=O)Nc2ccc(F)c(F)c2)cn1. The van der Waals surface area contributed by atoms with Crippen molar-refractivity contribution in [3.63, 3.8) is 0 Å². The van der Waals surface area contributed by atoms with Crippen LogP contribution >= 0.6 is 0 Å². The molecule has 0 spiro atoms. The normalized spacial score (nSPS) is 10.2. The Morgan fingerprint density at radius 2 is 2.00 bits per heavy atom. The van der Waals surface area contributed by atoms with Crippen molar-refractivity contribution >= 4 is 17.4 Å². The summed E-state index contributed by atoms with van der Waals surface area (Å²) in [4.78, 5) is 19.8. The van der Waals surface area contributed by atoms with Crippen LogP contribution in [-0.4, -0.2) is 22.4 Å². The number of nitrogens with one attached hydrogen (secondary N) is 2. The molecule has 0 unspecified atom stereocenters. The van der Waals surface area contributed by atoms with E-state index in [1.165, 1.54) is 18.5 Å². The van der Waals surface area contributed by atoms with Gasteiger partial charge < -0.3 is 10.6 Å². The van der Waals surface area contributed by atoms with Crippen molar-refractivity contribution in [1.29, 1.82) is 0 Å². The lowest BCUT2D eigenvalue weighted by molar-refractivity contribution is 0.102. The van der Waals surface area contributed by atoms with Gasteiger partial charge in [0.05, 0.1) is 12.4 Å². The number of amides is 1. The van der Waals surface area contributed by atoms with Gasteiger partial charge in [-0.2, -0.15) is 0 Å². The molecule has 1 aromatic carbocycles. The molecular formula is C13H12F2N4O. The molecule has 0 radical (unpaired) electrons. The zero-order valence-electron chi connectivity index (χ0n) is 10.7. The molecule has 5 nitrogen and oxygen atoms in total. The van der Waals surface area contributed by atoms with Crippen LogP contribution in [0.4, 0.5) is 20.3 Å². The Morgan fingerprint density at radius 3 is 2.60 bits per heavy atom. The number of anilines is 2. The molecule has 2 aromatic rings. The fraction of sp³-hybridized carbons (Fsp3) is 0.154. The molecule has 0 bridgehead atoms. The minimum atomic E-state index is -1.03. The van der Waals surface area contributed by atoms with E-state index < -0.39 is 17.5 Å². The summed E-state index contributed by atoms with van der Waals surface area (Å²) in [7, 11) is 0. The molecule has 0 atom stereocenters. The first kappa shape index (κ1) is 13.9. The second-order valence-electron chi connectivity index (χ2n) is 3.90. The van der Waals surface area contributed by atoms with Crippen LogP contribution in [0.3, 0.4) is 0 Å². The van der Waals surface area contributed by atoms with E-state index in [-0.39, 0.29) is 11.4 Å². The lowest BCUT2D eigenvalue weighted by Gasteiger charge is -2.06. The second-order valence-corrected chi connectivity index (χ2v) is 3.90. The first-order valence-electron chi connectivity index (χ1n) is 5.92. The molecule has 20 heavy (non-hydrogen) atoms. The summed E-state index contributed by atoms with van der Waals surface area (Å²) in [5.74, 6) is -2.00.